The lowest BCUT2D eigenvalue weighted by atomic mass is 9.83. The quantitative estimate of drug-likeness (QED) is 0.804. The molecule has 4 rings (SSSR count). The Morgan fingerprint density at radius 1 is 1.23 bits per heavy atom. The van der Waals surface area contributed by atoms with Crippen molar-refractivity contribution in [3.8, 4) is 0 Å². The van der Waals surface area contributed by atoms with Gasteiger partial charge in [0.2, 0.25) is 10.0 Å². The summed E-state index contributed by atoms with van der Waals surface area (Å²) < 4.78 is 29.6. The van der Waals surface area contributed by atoms with E-state index in [4.69, 9.17) is 0 Å². The zero-order valence-electron chi connectivity index (χ0n) is 15.4. The lowest BCUT2D eigenvalue weighted by molar-refractivity contribution is -0.0306. The van der Waals surface area contributed by atoms with Gasteiger partial charge in [-0.15, -0.1) is 0 Å². The van der Waals surface area contributed by atoms with Gasteiger partial charge < -0.3 is 0 Å². The molecular weight excluding hydrogens is 348 g/mol. The average Bonchev–Trinajstić information content (AvgIpc) is 3.07. The van der Waals surface area contributed by atoms with Crippen molar-refractivity contribution in [1.82, 2.24) is 19.0 Å². The van der Waals surface area contributed by atoms with Crippen molar-refractivity contribution in [3.63, 3.8) is 0 Å². The molecule has 0 spiro atoms. The summed E-state index contributed by atoms with van der Waals surface area (Å²) in [6.45, 7) is 7.93. The highest BCUT2D eigenvalue weighted by Gasteiger charge is 2.45. The van der Waals surface area contributed by atoms with Crippen LogP contribution in [0.3, 0.4) is 0 Å². The predicted octanol–water partition coefficient (Wildman–Crippen LogP) is 2.11. The Labute approximate surface area is 155 Å². The minimum absolute atomic E-state index is 0.434. The van der Waals surface area contributed by atoms with E-state index in [-0.39, 0.29) is 0 Å². The van der Waals surface area contributed by atoms with Crippen molar-refractivity contribution >= 4 is 10.0 Å². The van der Waals surface area contributed by atoms with E-state index in [2.05, 4.69) is 23.1 Å². The normalized spacial score (nSPS) is 24.2. The number of piperidine rings is 1. The molecule has 2 atom stereocenters. The topological polar surface area (TPSA) is 58.4 Å². The van der Waals surface area contributed by atoms with Gasteiger partial charge >= 0.3 is 0 Å². The van der Waals surface area contributed by atoms with Gasteiger partial charge in [-0.3, -0.25) is 9.58 Å². The fraction of sp³-hybridized carbons (Fsp3) is 0.526. The summed E-state index contributed by atoms with van der Waals surface area (Å²) in [5.41, 5.74) is 2.05. The van der Waals surface area contributed by atoms with Crippen molar-refractivity contribution in [2.75, 3.05) is 19.6 Å². The lowest BCUT2D eigenvalue weighted by Crippen LogP contribution is -2.63. The molecule has 3 heterocycles. The van der Waals surface area contributed by atoms with E-state index < -0.39 is 10.0 Å². The van der Waals surface area contributed by atoms with Gasteiger partial charge in [-0.1, -0.05) is 18.2 Å². The first kappa shape index (κ1) is 17.7. The van der Waals surface area contributed by atoms with Gasteiger partial charge in [0.05, 0.1) is 11.1 Å². The van der Waals surface area contributed by atoms with Crippen LogP contribution in [-0.2, 0) is 23.1 Å². The number of nitrogens with zero attached hydrogens (tertiary/aromatic N) is 4. The molecule has 0 bridgehead atoms. The number of benzene rings is 1. The highest BCUT2D eigenvalue weighted by Crippen LogP contribution is 2.35. The first-order valence-electron chi connectivity index (χ1n) is 9.30. The fourth-order valence-corrected chi connectivity index (χ4v) is 5.96. The maximum absolute atomic E-state index is 13.0. The third-order valence-electron chi connectivity index (χ3n) is 5.70. The molecule has 140 valence electrons. The van der Waals surface area contributed by atoms with Gasteiger partial charge in [0.25, 0.3) is 0 Å². The molecule has 6 nitrogen and oxygen atoms in total. The molecule has 0 N–H and O–H groups in total. The first-order chi connectivity index (χ1) is 12.5. The zero-order chi connectivity index (χ0) is 18.3. The summed E-state index contributed by atoms with van der Waals surface area (Å²) in [5.74, 6) is 0.434. The SMILES string of the molecule is CCn1cc(CN2CC3CN(S(=O)(=O)c4ccccc4C)CCC32)cn1. The Morgan fingerprint density at radius 3 is 2.73 bits per heavy atom. The molecule has 2 saturated heterocycles. The fourth-order valence-electron chi connectivity index (χ4n) is 4.23. The zero-order valence-corrected chi connectivity index (χ0v) is 16.2. The molecule has 2 aromatic rings. The molecule has 1 aromatic heterocycles. The third-order valence-corrected chi connectivity index (χ3v) is 7.73. The van der Waals surface area contributed by atoms with Crippen molar-refractivity contribution < 1.29 is 8.42 Å². The number of sulfonamides is 1. The van der Waals surface area contributed by atoms with Crippen LogP contribution in [0.5, 0.6) is 0 Å². The molecule has 2 aliphatic rings. The number of aromatic nitrogens is 2. The van der Waals surface area contributed by atoms with Gasteiger partial charge in [-0.25, -0.2) is 8.42 Å². The third kappa shape index (κ3) is 3.08. The van der Waals surface area contributed by atoms with Crippen molar-refractivity contribution in [2.45, 2.75) is 44.3 Å². The van der Waals surface area contributed by atoms with Crippen LogP contribution in [0, 0.1) is 12.8 Å². The molecule has 2 unspecified atom stereocenters. The number of fused-ring (bicyclic) bond motifs is 1. The van der Waals surface area contributed by atoms with Gasteiger partial charge in [-0.05, 0) is 31.9 Å². The Kier molecular flexibility index (Phi) is 4.62. The summed E-state index contributed by atoms with van der Waals surface area (Å²) >= 11 is 0. The molecule has 0 aliphatic carbocycles. The highest BCUT2D eigenvalue weighted by atomic mass is 32.2. The maximum atomic E-state index is 13.0. The number of hydrogen-bond donors (Lipinski definition) is 0. The summed E-state index contributed by atoms with van der Waals surface area (Å²) in [7, 11) is -3.39. The first-order valence-corrected chi connectivity index (χ1v) is 10.7. The second kappa shape index (κ2) is 6.79. The van der Waals surface area contributed by atoms with Gasteiger partial charge in [-0.2, -0.15) is 9.40 Å². The Hall–Kier alpha value is -1.70. The lowest BCUT2D eigenvalue weighted by Gasteiger charge is -2.53. The number of hydrogen-bond acceptors (Lipinski definition) is 4. The standard InChI is InChI=1S/C19H26N4O2S/c1-3-22-12-16(10-20-22)11-21-13-17-14-23(9-8-18(17)21)26(24,25)19-7-5-4-6-15(19)2/h4-7,10,12,17-18H,3,8-9,11,13-14H2,1-2H3. The van der Waals surface area contributed by atoms with Crippen molar-refractivity contribution in [3.05, 3.63) is 47.8 Å². The van der Waals surface area contributed by atoms with E-state index >= 15 is 0 Å². The minimum atomic E-state index is -3.39. The van der Waals surface area contributed by atoms with Gasteiger partial charge in [0.15, 0.2) is 0 Å². The summed E-state index contributed by atoms with van der Waals surface area (Å²) in [5, 5.41) is 4.34. The Bertz CT molecular complexity index is 892. The maximum Gasteiger partial charge on any atom is 0.243 e. The monoisotopic (exact) mass is 374 g/mol. The van der Waals surface area contributed by atoms with Crippen LogP contribution in [0.2, 0.25) is 0 Å². The molecule has 1 aromatic carbocycles. The molecule has 7 heteroatoms. The predicted molar refractivity (Wildman–Crippen MR) is 100 cm³/mol. The van der Waals surface area contributed by atoms with Crippen LogP contribution >= 0.6 is 0 Å². The van der Waals surface area contributed by atoms with E-state index in [1.165, 1.54) is 5.56 Å². The van der Waals surface area contributed by atoms with E-state index in [1.54, 1.807) is 16.4 Å². The second-order valence-corrected chi connectivity index (χ2v) is 9.28. The largest absolute Gasteiger partial charge is 0.295 e. The van der Waals surface area contributed by atoms with Gasteiger partial charge in [0, 0.05) is 56.4 Å². The Balaban J connectivity index is 1.41. The molecule has 0 saturated carbocycles. The molecule has 0 radical (unpaired) electrons. The average molecular weight is 375 g/mol. The van der Waals surface area contributed by atoms with E-state index in [9.17, 15) is 8.42 Å². The smallest absolute Gasteiger partial charge is 0.243 e. The second-order valence-electron chi connectivity index (χ2n) is 7.38. The van der Waals surface area contributed by atoms with Crippen LogP contribution in [0.4, 0.5) is 0 Å². The van der Waals surface area contributed by atoms with Crippen LogP contribution in [0.25, 0.3) is 0 Å². The van der Waals surface area contributed by atoms with Crippen LogP contribution < -0.4 is 0 Å². The molecule has 2 fully saturated rings. The number of rotatable bonds is 5. The molecule has 2 aliphatic heterocycles. The summed E-state index contributed by atoms with van der Waals surface area (Å²) in [6.07, 6.45) is 4.94. The van der Waals surface area contributed by atoms with Crippen LogP contribution in [-0.4, -0.2) is 53.1 Å². The van der Waals surface area contributed by atoms with Crippen molar-refractivity contribution in [1.29, 1.82) is 0 Å². The molecular formula is C19H26N4O2S. The van der Waals surface area contributed by atoms with E-state index in [1.807, 2.05) is 29.9 Å². The van der Waals surface area contributed by atoms with E-state index in [0.29, 0.717) is 29.9 Å². The van der Waals surface area contributed by atoms with Crippen LogP contribution in [0.1, 0.15) is 24.5 Å². The van der Waals surface area contributed by atoms with E-state index in [0.717, 1.165) is 31.6 Å². The number of aryl methyl sites for hydroxylation is 2. The highest BCUT2D eigenvalue weighted by molar-refractivity contribution is 7.89. The Morgan fingerprint density at radius 2 is 2.04 bits per heavy atom. The van der Waals surface area contributed by atoms with Gasteiger partial charge in [0.1, 0.15) is 0 Å². The van der Waals surface area contributed by atoms with Crippen LogP contribution in [0.15, 0.2) is 41.6 Å². The molecule has 26 heavy (non-hydrogen) atoms. The van der Waals surface area contributed by atoms with Crippen molar-refractivity contribution in [2.24, 2.45) is 5.92 Å². The summed E-state index contributed by atoms with van der Waals surface area (Å²) in [4.78, 5) is 2.90. The minimum Gasteiger partial charge on any atom is -0.295 e. The number of likely N-dealkylation sites (tertiary alicyclic amines) is 1. The summed E-state index contributed by atoms with van der Waals surface area (Å²) in [6, 6.07) is 7.75. The molecule has 0 amide bonds.